The molecule has 0 radical (unpaired) electrons. The Hall–Kier alpha value is -1.20. The number of carbonyl (C=O) groups excluding carboxylic acids is 1. The fourth-order valence-corrected chi connectivity index (χ4v) is 3.32. The highest BCUT2D eigenvalue weighted by Gasteiger charge is 2.15. The van der Waals surface area contributed by atoms with Crippen LogP contribution in [0.4, 0.5) is 4.39 Å². The molecule has 0 aliphatic heterocycles. The van der Waals surface area contributed by atoms with Crippen molar-refractivity contribution in [1.82, 2.24) is 4.90 Å². The Labute approximate surface area is 124 Å². The minimum atomic E-state index is -0.320. The number of benzene rings is 1. The van der Waals surface area contributed by atoms with Crippen LogP contribution in [-0.4, -0.2) is 17.9 Å². The van der Waals surface area contributed by atoms with Crippen LogP contribution < -0.4 is 0 Å². The molecule has 0 bridgehead atoms. The molecule has 2 nitrogen and oxygen atoms in total. The van der Waals surface area contributed by atoms with E-state index in [-0.39, 0.29) is 11.7 Å². The summed E-state index contributed by atoms with van der Waals surface area (Å²) in [5, 5.41) is 1.98. The van der Waals surface area contributed by atoms with Crippen molar-refractivity contribution in [3.63, 3.8) is 0 Å². The lowest BCUT2D eigenvalue weighted by Gasteiger charge is -2.17. The van der Waals surface area contributed by atoms with Gasteiger partial charge in [0.05, 0.1) is 6.54 Å². The molecule has 0 aliphatic rings. The third-order valence-corrected chi connectivity index (χ3v) is 4.46. The molecule has 1 amide bonds. The maximum absolute atomic E-state index is 13.0. The zero-order chi connectivity index (χ0) is 14.0. The van der Waals surface area contributed by atoms with Crippen molar-refractivity contribution in [2.24, 2.45) is 0 Å². The standard InChI is InChI=1S/C14H13BrFNOS/c1-9-5-11(16)3-4-13(9)14(18)17(2)7-12-6-10(15)8-19-12/h3-6,8H,7H2,1-2H3. The first-order valence-electron chi connectivity index (χ1n) is 5.72. The van der Waals surface area contributed by atoms with E-state index in [0.29, 0.717) is 17.7 Å². The minimum Gasteiger partial charge on any atom is -0.337 e. The number of hydrogen-bond donors (Lipinski definition) is 0. The SMILES string of the molecule is Cc1cc(F)ccc1C(=O)N(C)Cc1cc(Br)cs1. The van der Waals surface area contributed by atoms with Crippen molar-refractivity contribution in [3.8, 4) is 0 Å². The Kier molecular flexibility index (Phi) is 4.37. The van der Waals surface area contributed by atoms with E-state index >= 15 is 0 Å². The highest BCUT2D eigenvalue weighted by atomic mass is 79.9. The molecule has 0 unspecified atom stereocenters. The predicted molar refractivity (Wildman–Crippen MR) is 79.0 cm³/mol. The molecule has 1 heterocycles. The molecule has 5 heteroatoms. The van der Waals surface area contributed by atoms with Gasteiger partial charge in [-0.25, -0.2) is 4.39 Å². The molecule has 100 valence electrons. The van der Waals surface area contributed by atoms with Gasteiger partial charge in [-0.2, -0.15) is 0 Å². The topological polar surface area (TPSA) is 20.3 Å². The van der Waals surface area contributed by atoms with Crippen molar-refractivity contribution < 1.29 is 9.18 Å². The monoisotopic (exact) mass is 341 g/mol. The van der Waals surface area contributed by atoms with E-state index in [0.717, 1.165) is 9.35 Å². The Balaban J connectivity index is 2.14. The minimum absolute atomic E-state index is 0.0953. The van der Waals surface area contributed by atoms with Gasteiger partial charge in [0.1, 0.15) is 5.82 Å². The summed E-state index contributed by atoms with van der Waals surface area (Å²) in [4.78, 5) is 15.0. The Bertz CT molecular complexity index is 611. The van der Waals surface area contributed by atoms with E-state index in [1.54, 1.807) is 30.2 Å². The number of thiophene rings is 1. The second-order valence-electron chi connectivity index (χ2n) is 4.35. The van der Waals surface area contributed by atoms with Gasteiger partial charge < -0.3 is 4.90 Å². The van der Waals surface area contributed by atoms with Crippen LogP contribution in [0.25, 0.3) is 0 Å². The van der Waals surface area contributed by atoms with Crippen LogP contribution in [0.3, 0.4) is 0 Å². The van der Waals surface area contributed by atoms with Crippen LogP contribution in [-0.2, 0) is 6.54 Å². The van der Waals surface area contributed by atoms with Crippen LogP contribution in [0, 0.1) is 12.7 Å². The highest BCUT2D eigenvalue weighted by Crippen LogP contribution is 2.22. The maximum Gasteiger partial charge on any atom is 0.254 e. The van der Waals surface area contributed by atoms with Gasteiger partial charge in [0.25, 0.3) is 5.91 Å². The van der Waals surface area contributed by atoms with Gasteiger partial charge in [-0.3, -0.25) is 4.79 Å². The summed E-state index contributed by atoms with van der Waals surface area (Å²) in [5.74, 6) is -0.416. The molecular formula is C14H13BrFNOS. The summed E-state index contributed by atoms with van der Waals surface area (Å²) in [7, 11) is 1.75. The van der Waals surface area contributed by atoms with Gasteiger partial charge in [-0.05, 0) is 52.7 Å². The maximum atomic E-state index is 13.0. The molecule has 2 rings (SSSR count). The van der Waals surface area contributed by atoms with E-state index in [9.17, 15) is 9.18 Å². The van der Waals surface area contributed by atoms with Crippen LogP contribution in [0.5, 0.6) is 0 Å². The molecular weight excluding hydrogens is 329 g/mol. The average Bonchev–Trinajstić information content (AvgIpc) is 2.74. The van der Waals surface area contributed by atoms with Crippen LogP contribution in [0.1, 0.15) is 20.8 Å². The number of amides is 1. The quantitative estimate of drug-likeness (QED) is 0.817. The second-order valence-corrected chi connectivity index (χ2v) is 6.26. The summed E-state index contributed by atoms with van der Waals surface area (Å²) in [5.41, 5.74) is 1.20. The first-order valence-corrected chi connectivity index (χ1v) is 7.39. The van der Waals surface area contributed by atoms with Crippen LogP contribution >= 0.6 is 27.3 Å². The lowest BCUT2D eigenvalue weighted by molar-refractivity contribution is 0.0785. The van der Waals surface area contributed by atoms with Gasteiger partial charge in [-0.15, -0.1) is 11.3 Å². The second kappa shape index (κ2) is 5.84. The normalized spacial score (nSPS) is 10.5. The molecule has 1 aromatic carbocycles. The Morgan fingerprint density at radius 1 is 1.42 bits per heavy atom. The van der Waals surface area contributed by atoms with Crippen molar-refractivity contribution in [2.45, 2.75) is 13.5 Å². The smallest absolute Gasteiger partial charge is 0.254 e. The van der Waals surface area contributed by atoms with E-state index < -0.39 is 0 Å². The molecule has 0 atom stereocenters. The third-order valence-electron chi connectivity index (χ3n) is 2.78. The van der Waals surface area contributed by atoms with E-state index in [1.165, 1.54) is 18.2 Å². The molecule has 0 aliphatic carbocycles. The van der Waals surface area contributed by atoms with Crippen molar-refractivity contribution in [1.29, 1.82) is 0 Å². The first kappa shape index (κ1) is 14.2. The Morgan fingerprint density at radius 2 is 2.16 bits per heavy atom. The van der Waals surface area contributed by atoms with Gasteiger partial charge in [-0.1, -0.05) is 0 Å². The molecule has 0 N–H and O–H groups in total. The summed E-state index contributed by atoms with van der Waals surface area (Å²) < 4.78 is 14.1. The fraction of sp³-hybridized carbons (Fsp3) is 0.214. The zero-order valence-electron chi connectivity index (χ0n) is 10.6. The van der Waals surface area contributed by atoms with Crippen LogP contribution in [0.2, 0.25) is 0 Å². The predicted octanol–water partition coefficient (Wildman–Crippen LogP) is 4.23. The summed E-state index contributed by atoms with van der Waals surface area (Å²) in [6, 6.07) is 6.22. The van der Waals surface area contributed by atoms with Gasteiger partial charge >= 0.3 is 0 Å². The van der Waals surface area contributed by atoms with E-state index in [4.69, 9.17) is 0 Å². The number of halogens is 2. The molecule has 19 heavy (non-hydrogen) atoms. The first-order chi connectivity index (χ1) is 8.97. The van der Waals surface area contributed by atoms with Gasteiger partial charge in [0.2, 0.25) is 0 Å². The van der Waals surface area contributed by atoms with Crippen molar-refractivity contribution in [3.05, 3.63) is 55.9 Å². The van der Waals surface area contributed by atoms with Gasteiger partial charge in [0, 0.05) is 27.3 Å². The average molecular weight is 342 g/mol. The summed E-state index contributed by atoms with van der Waals surface area (Å²) in [6.07, 6.45) is 0. The number of rotatable bonds is 3. The lowest BCUT2D eigenvalue weighted by atomic mass is 10.1. The van der Waals surface area contributed by atoms with Gasteiger partial charge in [0.15, 0.2) is 0 Å². The molecule has 1 aromatic heterocycles. The largest absolute Gasteiger partial charge is 0.337 e. The number of aryl methyl sites for hydroxylation is 1. The number of hydrogen-bond acceptors (Lipinski definition) is 2. The van der Waals surface area contributed by atoms with E-state index in [1.807, 2.05) is 11.4 Å². The highest BCUT2D eigenvalue weighted by molar-refractivity contribution is 9.10. The number of carbonyl (C=O) groups is 1. The summed E-state index contributed by atoms with van der Waals surface area (Å²) >= 11 is 4.99. The van der Waals surface area contributed by atoms with E-state index in [2.05, 4.69) is 15.9 Å². The molecule has 0 saturated carbocycles. The molecule has 0 fully saturated rings. The van der Waals surface area contributed by atoms with Crippen LogP contribution in [0.15, 0.2) is 34.1 Å². The number of nitrogens with zero attached hydrogens (tertiary/aromatic N) is 1. The van der Waals surface area contributed by atoms with Crippen molar-refractivity contribution >= 4 is 33.2 Å². The molecule has 0 saturated heterocycles. The van der Waals surface area contributed by atoms with Crippen molar-refractivity contribution in [2.75, 3.05) is 7.05 Å². The molecule has 2 aromatic rings. The third kappa shape index (κ3) is 3.42. The lowest BCUT2D eigenvalue weighted by Crippen LogP contribution is -2.26. The zero-order valence-corrected chi connectivity index (χ0v) is 13.0. The molecule has 0 spiro atoms. The summed E-state index contributed by atoms with van der Waals surface area (Å²) in [6.45, 7) is 2.29. The fourth-order valence-electron chi connectivity index (χ4n) is 1.81. The Morgan fingerprint density at radius 3 is 2.74 bits per heavy atom.